The summed E-state index contributed by atoms with van der Waals surface area (Å²) in [6.45, 7) is 7.81. The summed E-state index contributed by atoms with van der Waals surface area (Å²) in [6, 6.07) is 1.65. The van der Waals surface area contributed by atoms with Crippen LogP contribution in [0.2, 0.25) is 0 Å². The van der Waals surface area contributed by atoms with Crippen molar-refractivity contribution in [3.63, 3.8) is 0 Å². The Morgan fingerprint density at radius 2 is 1.55 bits per heavy atom. The molecule has 108 valence electrons. The van der Waals surface area contributed by atoms with Crippen molar-refractivity contribution < 1.29 is 15.0 Å². The Kier molecular flexibility index (Phi) is 5.56. The van der Waals surface area contributed by atoms with Crippen molar-refractivity contribution in [3.8, 4) is 11.5 Å². The highest BCUT2D eigenvalue weighted by atomic mass is 16.3. The van der Waals surface area contributed by atoms with Gasteiger partial charge < -0.3 is 10.2 Å². The van der Waals surface area contributed by atoms with E-state index in [1.807, 2.05) is 39.8 Å². The van der Waals surface area contributed by atoms with Crippen molar-refractivity contribution in [2.75, 3.05) is 0 Å². The van der Waals surface area contributed by atoms with Gasteiger partial charge >= 0.3 is 0 Å². The number of phenols is 2. The van der Waals surface area contributed by atoms with Gasteiger partial charge in [-0.25, -0.2) is 0 Å². The van der Waals surface area contributed by atoms with E-state index < -0.39 is 0 Å². The molecule has 0 amide bonds. The lowest BCUT2D eigenvalue weighted by Crippen LogP contribution is -1.97. The van der Waals surface area contributed by atoms with Crippen LogP contribution in [0.25, 0.3) is 0 Å². The smallest absolute Gasteiger partial charge is 0.162 e. The monoisotopic (exact) mass is 274 g/mol. The van der Waals surface area contributed by atoms with Crippen molar-refractivity contribution in [1.29, 1.82) is 0 Å². The van der Waals surface area contributed by atoms with Crippen LogP contribution < -0.4 is 0 Å². The summed E-state index contributed by atoms with van der Waals surface area (Å²) < 4.78 is 0. The molecule has 0 aromatic heterocycles. The number of carbonyl (C=O) groups is 1. The molecule has 1 rings (SSSR count). The molecule has 3 nitrogen and oxygen atoms in total. The van der Waals surface area contributed by atoms with Gasteiger partial charge in [-0.05, 0) is 46.6 Å². The number of hydrogen-bond donors (Lipinski definition) is 2. The van der Waals surface area contributed by atoms with E-state index in [1.54, 1.807) is 6.07 Å². The van der Waals surface area contributed by atoms with Gasteiger partial charge in [-0.3, -0.25) is 4.79 Å². The molecule has 1 aromatic carbocycles. The topological polar surface area (TPSA) is 57.5 Å². The summed E-state index contributed by atoms with van der Waals surface area (Å²) in [6.07, 6.45) is 5.50. The van der Waals surface area contributed by atoms with Crippen LogP contribution in [-0.4, -0.2) is 16.5 Å². The minimum absolute atomic E-state index is 0.134. The standard InChI is InChI=1S/C17H22O3/c1-11(2)5-7-13-9-14(10-18)15(8-6-12(3)4)17(20)16(13)19/h5-6,9-10,19-20H,7-8H2,1-4H3. The van der Waals surface area contributed by atoms with Crippen LogP contribution in [0.1, 0.15) is 49.2 Å². The van der Waals surface area contributed by atoms with Crippen molar-refractivity contribution in [3.05, 3.63) is 46.1 Å². The molecule has 0 saturated heterocycles. The van der Waals surface area contributed by atoms with Gasteiger partial charge in [-0.1, -0.05) is 23.3 Å². The van der Waals surface area contributed by atoms with Crippen LogP contribution in [-0.2, 0) is 12.8 Å². The molecule has 0 saturated carbocycles. The fourth-order valence-electron chi connectivity index (χ4n) is 1.87. The van der Waals surface area contributed by atoms with Gasteiger partial charge in [-0.15, -0.1) is 0 Å². The van der Waals surface area contributed by atoms with Crippen molar-refractivity contribution >= 4 is 6.29 Å². The zero-order valence-electron chi connectivity index (χ0n) is 12.5. The van der Waals surface area contributed by atoms with Gasteiger partial charge in [0, 0.05) is 16.7 Å². The maximum absolute atomic E-state index is 11.2. The van der Waals surface area contributed by atoms with E-state index >= 15 is 0 Å². The molecule has 20 heavy (non-hydrogen) atoms. The zero-order valence-corrected chi connectivity index (χ0v) is 12.5. The molecule has 0 aliphatic rings. The molecule has 0 aliphatic heterocycles. The van der Waals surface area contributed by atoms with Gasteiger partial charge in [0.1, 0.15) is 6.29 Å². The molecule has 3 heteroatoms. The largest absolute Gasteiger partial charge is 0.504 e. The molecule has 0 aliphatic carbocycles. The molecule has 0 unspecified atom stereocenters. The van der Waals surface area contributed by atoms with Crippen LogP contribution in [0.4, 0.5) is 0 Å². The summed E-state index contributed by atoms with van der Waals surface area (Å²) >= 11 is 0. The van der Waals surface area contributed by atoms with Crippen molar-refractivity contribution in [2.24, 2.45) is 0 Å². The molecule has 0 radical (unpaired) electrons. The molecule has 0 spiro atoms. The van der Waals surface area contributed by atoms with E-state index in [0.29, 0.717) is 29.5 Å². The van der Waals surface area contributed by atoms with E-state index in [4.69, 9.17) is 0 Å². The second kappa shape index (κ2) is 6.94. The Bertz CT molecular complexity index is 558. The van der Waals surface area contributed by atoms with Crippen LogP contribution in [0.3, 0.4) is 0 Å². The Balaban J connectivity index is 3.28. The number of hydrogen-bond acceptors (Lipinski definition) is 3. The average molecular weight is 274 g/mol. The van der Waals surface area contributed by atoms with Crippen LogP contribution in [0.5, 0.6) is 11.5 Å². The van der Waals surface area contributed by atoms with Gasteiger partial charge in [0.15, 0.2) is 11.5 Å². The summed E-state index contributed by atoms with van der Waals surface area (Å²) in [5, 5.41) is 20.2. The van der Waals surface area contributed by atoms with E-state index in [-0.39, 0.29) is 11.5 Å². The quantitative estimate of drug-likeness (QED) is 0.486. The predicted molar refractivity (Wildman–Crippen MR) is 81.4 cm³/mol. The summed E-state index contributed by atoms with van der Waals surface area (Å²) in [4.78, 5) is 11.2. The number of benzene rings is 1. The van der Waals surface area contributed by atoms with E-state index in [9.17, 15) is 15.0 Å². The molecular weight excluding hydrogens is 252 g/mol. The molecule has 0 atom stereocenters. The van der Waals surface area contributed by atoms with Crippen LogP contribution in [0, 0.1) is 0 Å². The molecule has 1 aromatic rings. The lowest BCUT2D eigenvalue weighted by Gasteiger charge is -2.12. The fraction of sp³-hybridized carbons (Fsp3) is 0.353. The van der Waals surface area contributed by atoms with Gasteiger partial charge in [0.2, 0.25) is 0 Å². The lowest BCUT2D eigenvalue weighted by molar-refractivity contribution is 0.112. The number of allylic oxidation sites excluding steroid dienone is 4. The van der Waals surface area contributed by atoms with E-state index in [0.717, 1.165) is 17.4 Å². The third-order valence-corrected chi connectivity index (χ3v) is 3.06. The normalized spacial score (nSPS) is 10.0. The maximum atomic E-state index is 11.2. The minimum Gasteiger partial charge on any atom is -0.504 e. The fourth-order valence-corrected chi connectivity index (χ4v) is 1.87. The second-order valence-electron chi connectivity index (χ2n) is 5.39. The zero-order chi connectivity index (χ0) is 15.3. The SMILES string of the molecule is CC(C)=CCc1cc(C=O)c(CC=C(C)C)c(O)c1O. The summed E-state index contributed by atoms with van der Waals surface area (Å²) in [5.74, 6) is -0.325. The van der Waals surface area contributed by atoms with Gasteiger partial charge in [-0.2, -0.15) is 0 Å². The second-order valence-corrected chi connectivity index (χ2v) is 5.39. The number of carbonyl (C=O) groups excluding carboxylic acids is 1. The van der Waals surface area contributed by atoms with Gasteiger partial charge in [0.05, 0.1) is 0 Å². The Morgan fingerprint density at radius 3 is 2.05 bits per heavy atom. The number of aromatic hydroxyl groups is 2. The highest BCUT2D eigenvalue weighted by Crippen LogP contribution is 2.36. The molecule has 0 heterocycles. The van der Waals surface area contributed by atoms with Crippen molar-refractivity contribution in [2.45, 2.75) is 40.5 Å². The number of rotatable bonds is 5. The molecule has 2 N–H and O–H groups in total. The summed E-state index contributed by atoms with van der Waals surface area (Å²) in [7, 11) is 0. The Labute approximate surface area is 120 Å². The Morgan fingerprint density at radius 1 is 1.00 bits per heavy atom. The van der Waals surface area contributed by atoms with Crippen LogP contribution >= 0.6 is 0 Å². The Hall–Kier alpha value is -2.03. The molecule has 0 fully saturated rings. The summed E-state index contributed by atoms with van der Waals surface area (Å²) in [5.41, 5.74) is 3.67. The highest BCUT2D eigenvalue weighted by Gasteiger charge is 2.15. The first-order chi connectivity index (χ1) is 9.36. The van der Waals surface area contributed by atoms with Crippen LogP contribution in [0.15, 0.2) is 29.4 Å². The maximum Gasteiger partial charge on any atom is 0.162 e. The lowest BCUT2D eigenvalue weighted by atomic mass is 9.97. The molecule has 0 bridgehead atoms. The van der Waals surface area contributed by atoms with Gasteiger partial charge in [0.25, 0.3) is 0 Å². The highest BCUT2D eigenvalue weighted by molar-refractivity contribution is 5.81. The average Bonchev–Trinajstić information content (AvgIpc) is 2.38. The first kappa shape index (κ1) is 16.0. The third-order valence-electron chi connectivity index (χ3n) is 3.06. The first-order valence-electron chi connectivity index (χ1n) is 6.65. The molecular formula is C17H22O3. The number of phenolic OH excluding ortho intramolecular Hbond substituents is 2. The predicted octanol–water partition coefficient (Wildman–Crippen LogP) is 3.93. The minimum atomic E-state index is -0.191. The van der Waals surface area contributed by atoms with E-state index in [2.05, 4.69) is 0 Å². The van der Waals surface area contributed by atoms with Crippen molar-refractivity contribution in [1.82, 2.24) is 0 Å². The third kappa shape index (κ3) is 3.98. The number of aldehydes is 1. The van der Waals surface area contributed by atoms with E-state index in [1.165, 1.54) is 0 Å². The first-order valence-corrected chi connectivity index (χ1v) is 6.65.